The van der Waals surface area contributed by atoms with Crippen molar-refractivity contribution >= 4 is 64.1 Å². The molecule has 308 valence electrons. The summed E-state index contributed by atoms with van der Waals surface area (Å²) in [5.41, 5.74) is 3.50. The predicted octanol–water partition coefficient (Wildman–Crippen LogP) is 2.89. The quantitative estimate of drug-likeness (QED) is 0.0822. The van der Waals surface area contributed by atoms with E-state index in [2.05, 4.69) is 33.1 Å². The fourth-order valence-corrected chi connectivity index (χ4v) is 8.73. The number of aromatic nitrogens is 3. The van der Waals surface area contributed by atoms with Crippen LogP contribution in [0.25, 0.3) is 5.00 Å². The van der Waals surface area contributed by atoms with Gasteiger partial charge in [0.2, 0.25) is 17.7 Å². The molecule has 4 N–H and O–H groups in total. The summed E-state index contributed by atoms with van der Waals surface area (Å²) >= 11 is 7.84. The average molecular weight is 844 g/mol. The number of fused-ring (bicyclic) bond motifs is 4. The number of aliphatic hydroxyl groups is 1. The highest BCUT2D eigenvalue weighted by molar-refractivity contribution is 7.15. The summed E-state index contributed by atoms with van der Waals surface area (Å²) in [6, 6.07) is 9.91. The van der Waals surface area contributed by atoms with Crippen molar-refractivity contribution < 1.29 is 38.6 Å². The van der Waals surface area contributed by atoms with Crippen LogP contribution < -0.4 is 20.7 Å². The number of hydrogen-bond acceptors (Lipinski definition) is 13. The van der Waals surface area contributed by atoms with Crippen molar-refractivity contribution in [3.63, 3.8) is 0 Å². The van der Waals surface area contributed by atoms with E-state index < -0.39 is 54.6 Å². The number of hydrogen-bond donors (Lipinski definition) is 4. The Kier molecular flexibility index (Phi) is 12.0. The molecule has 0 aliphatic carbocycles. The lowest BCUT2D eigenvalue weighted by Crippen LogP contribution is -2.54. The molecule has 2 aromatic heterocycles. The molecule has 0 radical (unpaired) electrons. The van der Waals surface area contributed by atoms with Crippen LogP contribution in [0.3, 0.4) is 0 Å². The molecule has 17 nitrogen and oxygen atoms in total. The second-order valence-corrected chi connectivity index (χ2v) is 16.0. The fourth-order valence-electron chi connectivity index (χ4n) is 7.39. The third-order valence-corrected chi connectivity index (χ3v) is 12.0. The van der Waals surface area contributed by atoms with E-state index >= 15 is 0 Å². The van der Waals surface area contributed by atoms with Gasteiger partial charge in [0.25, 0.3) is 17.7 Å². The van der Waals surface area contributed by atoms with Gasteiger partial charge in [0.1, 0.15) is 28.7 Å². The maximum absolute atomic E-state index is 14.0. The number of unbranched alkanes of at least 4 members (excludes halogenated alkanes) is 1. The molecule has 59 heavy (non-hydrogen) atoms. The normalized spacial score (nSPS) is 17.7. The minimum Gasteiger partial charge on any atom is -0.483 e. The highest BCUT2D eigenvalue weighted by Crippen LogP contribution is 2.40. The Bertz CT molecular complexity index is 2390. The van der Waals surface area contributed by atoms with Crippen molar-refractivity contribution in [2.75, 3.05) is 26.7 Å². The summed E-state index contributed by atoms with van der Waals surface area (Å²) in [5.74, 6) is -2.34. The largest absolute Gasteiger partial charge is 0.483 e. The van der Waals surface area contributed by atoms with E-state index in [0.29, 0.717) is 35.2 Å². The maximum atomic E-state index is 14.0. The number of benzene rings is 2. The van der Waals surface area contributed by atoms with Crippen molar-refractivity contribution in [1.29, 1.82) is 0 Å². The molecule has 3 atom stereocenters. The van der Waals surface area contributed by atoms with Gasteiger partial charge in [-0.2, -0.15) is 0 Å². The number of aryl methyl sites for hydroxylation is 2. The molecule has 3 aliphatic rings. The summed E-state index contributed by atoms with van der Waals surface area (Å²) in [6.07, 6.45) is -0.557. The van der Waals surface area contributed by atoms with Gasteiger partial charge in [-0.05, 0) is 76.9 Å². The Morgan fingerprint density at radius 3 is 2.54 bits per heavy atom. The number of piperidine rings is 1. The molecule has 3 aliphatic heterocycles. The Labute approximate surface area is 347 Å². The SMILES string of the molecule is CNC(O)N(CCCCNC(=O)COc1cccc2c1C(=O)N(C1CCC(=O)NC1=O)C2=O)C(=O)C[C@@H]1N=C(c2ccc(Cl)cc2)c2c(sc(C)c2C)-n2c(C)nnc21. The zero-order valence-electron chi connectivity index (χ0n) is 32.7. The fraction of sp³-hybridized carbons (Fsp3) is 0.375. The standard InChI is InChI=1S/C40H42ClN9O8S/c1-20-21(2)59-39-32(20)34(23-10-12-24(41)13-11-23)44-26(35-47-46-22(3)49(35)39)18-31(53)48(40(57)42-4)17-6-5-16-43-30(52)19-58-28-9-7-8-25-33(28)38(56)50(37(25)55)27-14-15-29(51)45-36(27)54/h7-13,26-27,40,42,57H,5-6,14-19H2,1-4H3,(H,43,52)(H,45,51,54)/t26-,27?,40?/m0/s1. The second kappa shape index (κ2) is 17.2. The van der Waals surface area contributed by atoms with Gasteiger partial charge in [-0.1, -0.05) is 29.8 Å². The van der Waals surface area contributed by atoms with Crippen molar-refractivity contribution in [2.45, 2.75) is 71.3 Å². The number of aliphatic imine (C=N–C) groups is 1. The first kappa shape index (κ1) is 41.3. The Hall–Kier alpha value is -5.82. The summed E-state index contributed by atoms with van der Waals surface area (Å²) in [7, 11) is 1.54. The van der Waals surface area contributed by atoms with Gasteiger partial charge < -0.3 is 20.1 Å². The zero-order valence-corrected chi connectivity index (χ0v) is 34.3. The number of nitrogens with zero attached hydrogens (tertiary/aromatic N) is 6. The molecule has 5 heterocycles. The van der Waals surface area contributed by atoms with Crippen molar-refractivity contribution in [1.82, 2.24) is 40.5 Å². The Morgan fingerprint density at radius 1 is 1.05 bits per heavy atom. The molecule has 19 heteroatoms. The number of aliphatic hydroxyl groups excluding tert-OH is 1. The minimum absolute atomic E-state index is 0.00793. The predicted molar refractivity (Wildman–Crippen MR) is 216 cm³/mol. The van der Waals surface area contributed by atoms with Crippen LogP contribution in [0.2, 0.25) is 5.02 Å². The summed E-state index contributed by atoms with van der Waals surface area (Å²) in [4.78, 5) is 85.7. The van der Waals surface area contributed by atoms with Gasteiger partial charge in [0.05, 0.1) is 23.3 Å². The van der Waals surface area contributed by atoms with E-state index in [9.17, 15) is 33.9 Å². The van der Waals surface area contributed by atoms with Crippen LogP contribution in [0, 0.1) is 20.8 Å². The molecule has 0 bridgehead atoms. The first-order valence-electron chi connectivity index (χ1n) is 19.0. The number of nitrogens with one attached hydrogen (secondary N) is 3. The van der Waals surface area contributed by atoms with Gasteiger partial charge in [0, 0.05) is 40.5 Å². The number of thiophene rings is 1. The van der Waals surface area contributed by atoms with Crippen LogP contribution in [0.15, 0.2) is 47.5 Å². The number of halogens is 1. The van der Waals surface area contributed by atoms with E-state index in [4.69, 9.17) is 21.3 Å². The first-order valence-corrected chi connectivity index (χ1v) is 20.2. The number of imide groups is 2. The Balaban J connectivity index is 0.970. The van der Waals surface area contributed by atoms with Crippen molar-refractivity contribution in [2.24, 2.45) is 4.99 Å². The zero-order chi connectivity index (χ0) is 42.1. The van der Waals surface area contributed by atoms with Crippen molar-refractivity contribution in [3.05, 3.63) is 91.8 Å². The van der Waals surface area contributed by atoms with E-state index in [1.807, 2.05) is 30.5 Å². The van der Waals surface area contributed by atoms with E-state index in [1.54, 1.807) is 23.5 Å². The summed E-state index contributed by atoms with van der Waals surface area (Å²) < 4.78 is 7.62. The molecule has 7 rings (SSSR count). The highest BCUT2D eigenvalue weighted by atomic mass is 35.5. The first-order chi connectivity index (χ1) is 28.3. The molecule has 1 saturated heterocycles. The molecule has 4 aromatic rings. The Morgan fingerprint density at radius 2 is 1.81 bits per heavy atom. The third kappa shape index (κ3) is 8.12. The monoisotopic (exact) mass is 843 g/mol. The summed E-state index contributed by atoms with van der Waals surface area (Å²) in [5, 5.41) is 28.9. The van der Waals surface area contributed by atoms with Crippen LogP contribution in [-0.4, -0.2) is 110 Å². The van der Waals surface area contributed by atoms with Gasteiger partial charge in [-0.15, -0.1) is 21.5 Å². The average Bonchev–Trinajstić information content (AvgIpc) is 3.79. The van der Waals surface area contributed by atoms with Crippen LogP contribution in [0.4, 0.5) is 0 Å². The molecule has 6 amide bonds. The molecular formula is C40H42ClN9O8S. The maximum Gasteiger partial charge on any atom is 0.266 e. The summed E-state index contributed by atoms with van der Waals surface area (Å²) in [6.45, 7) is 5.86. The minimum atomic E-state index is -1.30. The van der Waals surface area contributed by atoms with E-state index in [1.165, 1.54) is 30.1 Å². The molecule has 1 fully saturated rings. The highest BCUT2D eigenvalue weighted by Gasteiger charge is 2.46. The smallest absolute Gasteiger partial charge is 0.266 e. The molecule has 2 unspecified atom stereocenters. The third-order valence-electron chi connectivity index (χ3n) is 10.5. The lowest BCUT2D eigenvalue weighted by Gasteiger charge is -2.28. The van der Waals surface area contributed by atoms with Gasteiger partial charge in [-0.25, -0.2) is 0 Å². The van der Waals surface area contributed by atoms with Crippen LogP contribution in [0.5, 0.6) is 5.75 Å². The second-order valence-electron chi connectivity index (χ2n) is 14.3. The van der Waals surface area contributed by atoms with Gasteiger partial charge >= 0.3 is 0 Å². The van der Waals surface area contributed by atoms with Gasteiger partial charge in [0.15, 0.2) is 18.8 Å². The molecule has 0 saturated carbocycles. The number of carbonyl (C=O) groups excluding carboxylic acids is 6. The van der Waals surface area contributed by atoms with E-state index in [0.717, 1.165) is 31.5 Å². The molecule has 0 spiro atoms. The molecule has 2 aromatic carbocycles. The number of carbonyl (C=O) groups is 6. The van der Waals surface area contributed by atoms with Crippen LogP contribution in [0.1, 0.15) is 92.1 Å². The van der Waals surface area contributed by atoms with E-state index in [-0.39, 0.29) is 55.1 Å². The number of ether oxygens (including phenoxy) is 1. The number of rotatable bonds is 14. The van der Waals surface area contributed by atoms with Crippen LogP contribution in [-0.2, 0) is 19.2 Å². The topological polar surface area (TPSA) is 218 Å². The lowest BCUT2D eigenvalue weighted by atomic mass is 9.99. The van der Waals surface area contributed by atoms with Crippen molar-refractivity contribution in [3.8, 4) is 10.8 Å². The van der Waals surface area contributed by atoms with Crippen LogP contribution >= 0.6 is 22.9 Å². The number of amides is 6. The van der Waals surface area contributed by atoms with Gasteiger partial charge in [-0.3, -0.25) is 53.9 Å². The lowest BCUT2D eigenvalue weighted by molar-refractivity contribution is -0.144. The molecular weight excluding hydrogens is 802 g/mol.